The molecule has 1 heterocycles. The van der Waals surface area contributed by atoms with Crippen LogP contribution in [0.15, 0.2) is 23.1 Å². The molecular weight excluding hydrogens is 351 g/mol. The molecule has 6 nitrogen and oxygen atoms in total. The molecule has 1 aliphatic heterocycles. The van der Waals surface area contributed by atoms with Crippen LogP contribution in [0.1, 0.15) is 12.8 Å². The number of nitrogens with one attached hydrogen (secondary N) is 1. The van der Waals surface area contributed by atoms with E-state index in [1.54, 1.807) is 4.90 Å². The molecule has 3 rings (SSSR count). The van der Waals surface area contributed by atoms with Crippen LogP contribution in [0.3, 0.4) is 0 Å². The fourth-order valence-corrected chi connectivity index (χ4v) is 3.72. The van der Waals surface area contributed by atoms with Crippen LogP contribution in [0, 0.1) is 0 Å². The van der Waals surface area contributed by atoms with Crippen LogP contribution in [0.25, 0.3) is 0 Å². The van der Waals surface area contributed by atoms with Crippen molar-refractivity contribution in [1.29, 1.82) is 0 Å². The Morgan fingerprint density at radius 3 is 2.64 bits per heavy atom. The SMILES string of the molecule is O=C1OC(CNS(=O)(=O)c2ccc(Cl)c(Cl)c2)CN1C1CC1. The number of cyclic esters (lactones) is 1. The second-order valence-electron chi connectivity index (χ2n) is 5.32. The Balaban J connectivity index is 1.62. The molecule has 1 atom stereocenters. The minimum Gasteiger partial charge on any atom is -0.443 e. The average molecular weight is 365 g/mol. The predicted octanol–water partition coefficient (Wildman–Crippen LogP) is 2.25. The summed E-state index contributed by atoms with van der Waals surface area (Å²) < 4.78 is 32.0. The molecule has 1 saturated heterocycles. The molecule has 1 saturated carbocycles. The van der Waals surface area contributed by atoms with Crippen molar-refractivity contribution in [2.75, 3.05) is 13.1 Å². The van der Waals surface area contributed by atoms with Crippen LogP contribution < -0.4 is 4.72 Å². The van der Waals surface area contributed by atoms with Gasteiger partial charge in [0.25, 0.3) is 0 Å². The predicted molar refractivity (Wildman–Crippen MR) is 81.6 cm³/mol. The van der Waals surface area contributed by atoms with Crippen molar-refractivity contribution in [2.45, 2.75) is 29.9 Å². The summed E-state index contributed by atoms with van der Waals surface area (Å²) in [4.78, 5) is 13.3. The third kappa shape index (κ3) is 3.32. The summed E-state index contributed by atoms with van der Waals surface area (Å²) in [5, 5.41) is 0.446. The lowest BCUT2D eigenvalue weighted by Crippen LogP contribution is -2.35. The number of rotatable bonds is 5. The lowest BCUT2D eigenvalue weighted by molar-refractivity contribution is 0.133. The van der Waals surface area contributed by atoms with E-state index in [0.29, 0.717) is 6.54 Å². The summed E-state index contributed by atoms with van der Waals surface area (Å²) in [5.74, 6) is 0. The number of ether oxygens (including phenoxy) is 1. The first-order chi connectivity index (χ1) is 10.4. The van der Waals surface area contributed by atoms with Gasteiger partial charge in [-0.3, -0.25) is 0 Å². The maximum Gasteiger partial charge on any atom is 0.410 e. The van der Waals surface area contributed by atoms with Crippen LogP contribution in [0.2, 0.25) is 10.0 Å². The van der Waals surface area contributed by atoms with E-state index in [2.05, 4.69) is 4.72 Å². The van der Waals surface area contributed by atoms with Crippen molar-refractivity contribution < 1.29 is 17.9 Å². The van der Waals surface area contributed by atoms with Crippen molar-refractivity contribution in [3.05, 3.63) is 28.2 Å². The van der Waals surface area contributed by atoms with Gasteiger partial charge in [0.05, 0.1) is 21.5 Å². The van der Waals surface area contributed by atoms with E-state index in [9.17, 15) is 13.2 Å². The fraction of sp³-hybridized carbons (Fsp3) is 0.462. The molecule has 0 radical (unpaired) electrons. The van der Waals surface area contributed by atoms with Crippen LogP contribution in [-0.4, -0.2) is 44.6 Å². The van der Waals surface area contributed by atoms with E-state index < -0.39 is 16.1 Å². The zero-order chi connectivity index (χ0) is 15.9. The van der Waals surface area contributed by atoms with Gasteiger partial charge in [-0.25, -0.2) is 17.9 Å². The Labute approximate surface area is 138 Å². The Morgan fingerprint density at radius 1 is 1.27 bits per heavy atom. The number of amides is 1. The lowest BCUT2D eigenvalue weighted by Gasteiger charge is -2.12. The minimum atomic E-state index is -3.73. The number of carbonyl (C=O) groups is 1. The number of carbonyl (C=O) groups excluding carboxylic acids is 1. The molecule has 2 aliphatic rings. The van der Waals surface area contributed by atoms with Crippen LogP contribution in [0.4, 0.5) is 4.79 Å². The maximum absolute atomic E-state index is 12.2. The molecule has 1 unspecified atom stereocenters. The molecule has 1 N–H and O–H groups in total. The van der Waals surface area contributed by atoms with Crippen LogP contribution >= 0.6 is 23.2 Å². The number of hydrogen-bond acceptors (Lipinski definition) is 4. The van der Waals surface area contributed by atoms with Gasteiger partial charge in [0.2, 0.25) is 10.0 Å². The minimum absolute atomic E-state index is 0.0188. The number of benzene rings is 1. The van der Waals surface area contributed by atoms with Gasteiger partial charge < -0.3 is 9.64 Å². The van der Waals surface area contributed by atoms with Crippen LogP contribution in [0.5, 0.6) is 0 Å². The highest BCUT2D eigenvalue weighted by molar-refractivity contribution is 7.89. The second-order valence-corrected chi connectivity index (χ2v) is 7.90. The average Bonchev–Trinajstić information content (AvgIpc) is 3.23. The van der Waals surface area contributed by atoms with Gasteiger partial charge in [-0.15, -0.1) is 0 Å². The number of hydrogen-bond donors (Lipinski definition) is 1. The van der Waals surface area contributed by atoms with Gasteiger partial charge in [0.1, 0.15) is 6.10 Å². The largest absolute Gasteiger partial charge is 0.443 e. The van der Waals surface area contributed by atoms with Gasteiger partial charge in [0.15, 0.2) is 0 Å². The molecule has 1 aromatic rings. The van der Waals surface area contributed by atoms with E-state index in [0.717, 1.165) is 12.8 Å². The summed E-state index contributed by atoms with van der Waals surface area (Å²) in [6.07, 6.45) is 1.11. The summed E-state index contributed by atoms with van der Waals surface area (Å²) in [6, 6.07) is 4.32. The highest BCUT2D eigenvalue weighted by Gasteiger charge is 2.41. The standard InChI is InChI=1S/C13H14Cl2N2O4S/c14-11-4-3-10(5-12(11)15)22(19,20)16-6-9-7-17(8-1-2-8)13(18)21-9/h3-5,8-9,16H,1-2,6-7H2. The third-order valence-corrected chi connectivity index (χ3v) is 5.75. The van der Waals surface area contributed by atoms with Crippen LogP contribution in [-0.2, 0) is 14.8 Å². The third-order valence-electron chi connectivity index (χ3n) is 3.59. The van der Waals surface area contributed by atoms with Crippen molar-refractivity contribution in [3.63, 3.8) is 0 Å². The van der Waals surface area contributed by atoms with Gasteiger partial charge >= 0.3 is 6.09 Å². The number of nitrogens with zero attached hydrogens (tertiary/aromatic N) is 1. The Morgan fingerprint density at radius 2 is 2.00 bits per heavy atom. The normalized spacial score (nSPS) is 22.0. The van der Waals surface area contributed by atoms with E-state index in [1.165, 1.54) is 18.2 Å². The van der Waals surface area contributed by atoms with Crippen molar-refractivity contribution in [2.24, 2.45) is 0 Å². The molecule has 0 spiro atoms. The van der Waals surface area contributed by atoms with Crippen molar-refractivity contribution in [1.82, 2.24) is 9.62 Å². The summed E-state index contributed by atoms with van der Waals surface area (Å²) >= 11 is 11.6. The smallest absolute Gasteiger partial charge is 0.410 e. The highest BCUT2D eigenvalue weighted by atomic mass is 35.5. The molecule has 1 amide bonds. The summed E-state index contributed by atoms with van der Waals surface area (Å²) in [5.41, 5.74) is 0. The first kappa shape index (κ1) is 15.9. The lowest BCUT2D eigenvalue weighted by atomic mass is 10.3. The highest BCUT2D eigenvalue weighted by Crippen LogP contribution is 2.30. The van der Waals surface area contributed by atoms with Gasteiger partial charge in [-0.1, -0.05) is 23.2 Å². The van der Waals surface area contributed by atoms with Crippen molar-refractivity contribution in [3.8, 4) is 0 Å². The van der Waals surface area contributed by atoms with Gasteiger partial charge in [0, 0.05) is 12.6 Å². The summed E-state index contributed by atoms with van der Waals surface area (Å²) in [7, 11) is -3.73. The Bertz CT molecular complexity index is 706. The van der Waals surface area contributed by atoms with E-state index in [4.69, 9.17) is 27.9 Å². The Kier molecular flexibility index (Phi) is 4.24. The fourth-order valence-electron chi connectivity index (χ4n) is 2.26. The maximum atomic E-state index is 12.2. The number of halogens is 2. The molecule has 1 aliphatic carbocycles. The molecule has 0 bridgehead atoms. The number of sulfonamides is 1. The molecule has 120 valence electrons. The monoisotopic (exact) mass is 364 g/mol. The molecule has 22 heavy (non-hydrogen) atoms. The van der Waals surface area contributed by atoms with Gasteiger partial charge in [-0.05, 0) is 31.0 Å². The first-order valence-corrected chi connectivity index (χ1v) is 9.03. The van der Waals surface area contributed by atoms with E-state index in [-0.39, 0.29) is 33.6 Å². The zero-order valence-corrected chi connectivity index (χ0v) is 13.8. The first-order valence-electron chi connectivity index (χ1n) is 6.79. The van der Waals surface area contributed by atoms with Gasteiger partial charge in [-0.2, -0.15) is 0 Å². The zero-order valence-electron chi connectivity index (χ0n) is 11.5. The van der Waals surface area contributed by atoms with E-state index >= 15 is 0 Å². The Hall–Kier alpha value is -1.02. The molecule has 1 aromatic carbocycles. The second kappa shape index (κ2) is 5.88. The van der Waals surface area contributed by atoms with E-state index in [1.807, 2.05) is 0 Å². The van der Waals surface area contributed by atoms with Crippen molar-refractivity contribution >= 4 is 39.3 Å². The topological polar surface area (TPSA) is 75.7 Å². The quantitative estimate of drug-likeness (QED) is 0.869. The molecule has 0 aromatic heterocycles. The molecular formula is C13H14Cl2N2O4S. The molecule has 2 fully saturated rings. The molecule has 9 heteroatoms. The summed E-state index contributed by atoms with van der Waals surface area (Å²) in [6.45, 7) is 0.435.